The van der Waals surface area contributed by atoms with E-state index in [0.29, 0.717) is 18.2 Å². The summed E-state index contributed by atoms with van der Waals surface area (Å²) in [7, 11) is 0. The number of fused-ring (bicyclic) bond motifs is 1. The van der Waals surface area contributed by atoms with Crippen LogP contribution in [0.15, 0.2) is 18.2 Å². The molecule has 1 aliphatic carbocycles. The van der Waals surface area contributed by atoms with Gasteiger partial charge in [-0.25, -0.2) is 4.79 Å². The van der Waals surface area contributed by atoms with Crippen molar-refractivity contribution in [2.24, 2.45) is 11.8 Å². The smallest absolute Gasteiger partial charge is 0.317 e. The normalized spacial score (nSPS) is 24.6. The Morgan fingerprint density at radius 1 is 1.27 bits per heavy atom. The molecule has 0 aromatic heterocycles. The van der Waals surface area contributed by atoms with Crippen LogP contribution in [0.4, 0.5) is 10.5 Å². The third-order valence-corrected chi connectivity index (χ3v) is 5.20. The molecule has 0 radical (unpaired) electrons. The number of carbonyl (C=O) groups is 1. The number of nitrogens with zero attached hydrogens (tertiary/aromatic N) is 2. The molecular formula is C18H23N3O. The van der Waals surface area contributed by atoms with Crippen molar-refractivity contribution in [2.75, 3.05) is 5.32 Å². The number of nitrogens with one attached hydrogen (secondary N) is 1. The van der Waals surface area contributed by atoms with Crippen LogP contribution < -0.4 is 5.32 Å². The number of rotatable bonds is 2. The zero-order valence-corrected chi connectivity index (χ0v) is 13.3. The van der Waals surface area contributed by atoms with Crippen molar-refractivity contribution >= 4 is 11.7 Å². The summed E-state index contributed by atoms with van der Waals surface area (Å²) in [5.41, 5.74) is 2.54. The predicted molar refractivity (Wildman–Crippen MR) is 86.3 cm³/mol. The number of nitriles is 1. The van der Waals surface area contributed by atoms with E-state index in [9.17, 15) is 4.79 Å². The molecule has 2 aliphatic rings. The minimum absolute atomic E-state index is 0.00482. The van der Waals surface area contributed by atoms with E-state index in [1.807, 2.05) is 17.0 Å². The van der Waals surface area contributed by atoms with Crippen molar-refractivity contribution in [3.05, 3.63) is 29.3 Å². The lowest BCUT2D eigenvalue weighted by Gasteiger charge is -2.40. The Balaban J connectivity index is 1.73. The Morgan fingerprint density at radius 2 is 2.00 bits per heavy atom. The summed E-state index contributed by atoms with van der Waals surface area (Å²) in [6, 6.07) is 7.98. The molecule has 116 valence electrons. The van der Waals surface area contributed by atoms with E-state index in [0.717, 1.165) is 35.9 Å². The number of anilines is 1. The number of urea groups is 1. The second kappa shape index (κ2) is 6.00. The van der Waals surface area contributed by atoms with Gasteiger partial charge in [-0.15, -0.1) is 0 Å². The van der Waals surface area contributed by atoms with Crippen LogP contribution in [0, 0.1) is 23.2 Å². The molecule has 0 atom stereocenters. The van der Waals surface area contributed by atoms with Gasteiger partial charge in [0, 0.05) is 18.3 Å². The Bertz CT molecular complexity index is 609. The van der Waals surface area contributed by atoms with Gasteiger partial charge in [-0.1, -0.05) is 13.8 Å². The van der Waals surface area contributed by atoms with E-state index in [1.54, 1.807) is 6.07 Å². The van der Waals surface area contributed by atoms with Crippen LogP contribution in [0.1, 0.15) is 50.7 Å². The molecule has 0 spiro atoms. The van der Waals surface area contributed by atoms with Crippen LogP contribution in [-0.4, -0.2) is 17.0 Å². The molecule has 1 N–H and O–H groups in total. The maximum atomic E-state index is 12.4. The summed E-state index contributed by atoms with van der Waals surface area (Å²) in [6.45, 7) is 5.20. The quantitative estimate of drug-likeness (QED) is 0.892. The van der Waals surface area contributed by atoms with Crippen molar-refractivity contribution < 1.29 is 4.79 Å². The third kappa shape index (κ3) is 2.81. The first kappa shape index (κ1) is 14.9. The molecule has 1 heterocycles. The first-order valence-electron chi connectivity index (χ1n) is 8.19. The summed E-state index contributed by atoms with van der Waals surface area (Å²) in [5, 5.41) is 12.0. The lowest BCUT2D eigenvalue weighted by atomic mass is 9.79. The van der Waals surface area contributed by atoms with E-state index in [4.69, 9.17) is 5.26 Å². The van der Waals surface area contributed by atoms with E-state index in [2.05, 4.69) is 25.2 Å². The van der Waals surface area contributed by atoms with Crippen molar-refractivity contribution in [2.45, 2.75) is 52.1 Å². The maximum absolute atomic E-state index is 12.4. The second-order valence-electron chi connectivity index (χ2n) is 6.85. The van der Waals surface area contributed by atoms with Crippen LogP contribution >= 0.6 is 0 Å². The van der Waals surface area contributed by atoms with Gasteiger partial charge in [0.2, 0.25) is 0 Å². The lowest BCUT2D eigenvalue weighted by Crippen LogP contribution is -2.46. The van der Waals surface area contributed by atoms with Crippen LogP contribution in [0.25, 0.3) is 0 Å². The summed E-state index contributed by atoms with van der Waals surface area (Å²) >= 11 is 0. The van der Waals surface area contributed by atoms with Crippen molar-refractivity contribution in [3.8, 4) is 6.07 Å². The van der Waals surface area contributed by atoms with Crippen molar-refractivity contribution in [3.63, 3.8) is 0 Å². The number of hydrogen-bond acceptors (Lipinski definition) is 2. The SMILES string of the molecule is CC(C)C1CCC(N2Cc3cc(C#N)ccc3NC2=O)CC1. The average molecular weight is 297 g/mol. The molecule has 4 heteroatoms. The molecular weight excluding hydrogens is 274 g/mol. The predicted octanol–water partition coefficient (Wildman–Crippen LogP) is 4.12. The van der Waals surface area contributed by atoms with Crippen LogP contribution in [0.5, 0.6) is 0 Å². The van der Waals surface area contributed by atoms with Gasteiger partial charge in [-0.2, -0.15) is 5.26 Å². The van der Waals surface area contributed by atoms with Gasteiger partial charge in [-0.3, -0.25) is 0 Å². The standard InChI is InChI=1S/C18H23N3O/c1-12(2)14-4-6-16(7-5-14)21-11-15-9-13(10-19)3-8-17(15)20-18(21)22/h3,8-9,12,14,16H,4-7,11H2,1-2H3,(H,20,22). The third-order valence-electron chi connectivity index (χ3n) is 5.20. The Kier molecular flexibility index (Phi) is 4.06. The molecule has 0 bridgehead atoms. The van der Waals surface area contributed by atoms with Crippen molar-refractivity contribution in [1.82, 2.24) is 4.90 Å². The maximum Gasteiger partial charge on any atom is 0.322 e. The molecule has 1 aliphatic heterocycles. The Labute approximate surface area is 132 Å². The van der Waals surface area contributed by atoms with Gasteiger partial charge in [0.05, 0.1) is 11.6 Å². The zero-order chi connectivity index (χ0) is 15.7. The molecule has 1 aromatic rings. The fourth-order valence-electron chi connectivity index (χ4n) is 3.73. The fraction of sp³-hybridized carbons (Fsp3) is 0.556. The summed E-state index contributed by atoms with van der Waals surface area (Å²) in [4.78, 5) is 14.3. The minimum Gasteiger partial charge on any atom is -0.317 e. The average Bonchev–Trinajstić information content (AvgIpc) is 2.54. The van der Waals surface area contributed by atoms with Gasteiger partial charge < -0.3 is 10.2 Å². The van der Waals surface area contributed by atoms with Gasteiger partial charge in [-0.05, 0) is 61.3 Å². The van der Waals surface area contributed by atoms with E-state index < -0.39 is 0 Å². The van der Waals surface area contributed by atoms with Crippen LogP contribution in [0.2, 0.25) is 0 Å². The molecule has 4 nitrogen and oxygen atoms in total. The summed E-state index contributed by atoms with van der Waals surface area (Å²) < 4.78 is 0. The highest BCUT2D eigenvalue weighted by atomic mass is 16.2. The molecule has 3 rings (SSSR count). The highest BCUT2D eigenvalue weighted by Crippen LogP contribution is 2.35. The molecule has 1 aromatic carbocycles. The number of benzene rings is 1. The van der Waals surface area contributed by atoms with Gasteiger partial charge in [0.1, 0.15) is 0 Å². The number of carbonyl (C=O) groups excluding carboxylic acids is 1. The zero-order valence-electron chi connectivity index (χ0n) is 13.3. The molecule has 1 saturated carbocycles. The fourth-order valence-corrected chi connectivity index (χ4v) is 3.73. The first-order chi connectivity index (χ1) is 10.6. The Morgan fingerprint density at radius 3 is 2.64 bits per heavy atom. The highest BCUT2D eigenvalue weighted by Gasteiger charge is 2.32. The second-order valence-corrected chi connectivity index (χ2v) is 6.85. The molecule has 0 saturated heterocycles. The topological polar surface area (TPSA) is 56.1 Å². The van der Waals surface area contributed by atoms with Gasteiger partial charge >= 0.3 is 6.03 Å². The number of amides is 2. The monoisotopic (exact) mass is 297 g/mol. The van der Waals surface area contributed by atoms with Crippen LogP contribution in [0.3, 0.4) is 0 Å². The minimum atomic E-state index is 0.00482. The molecule has 22 heavy (non-hydrogen) atoms. The summed E-state index contributed by atoms with van der Waals surface area (Å²) in [5.74, 6) is 1.52. The summed E-state index contributed by atoms with van der Waals surface area (Å²) in [6.07, 6.45) is 4.58. The largest absolute Gasteiger partial charge is 0.322 e. The molecule has 1 fully saturated rings. The Hall–Kier alpha value is -2.02. The van der Waals surface area contributed by atoms with Gasteiger partial charge in [0.25, 0.3) is 0 Å². The molecule has 2 amide bonds. The number of hydrogen-bond donors (Lipinski definition) is 1. The van der Waals surface area contributed by atoms with Crippen molar-refractivity contribution in [1.29, 1.82) is 5.26 Å². The van der Waals surface area contributed by atoms with E-state index in [1.165, 1.54) is 12.8 Å². The molecule has 0 unspecified atom stereocenters. The first-order valence-corrected chi connectivity index (χ1v) is 8.19. The van der Waals surface area contributed by atoms with E-state index >= 15 is 0 Å². The van der Waals surface area contributed by atoms with Crippen LogP contribution in [-0.2, 0) is 6.54 Å². The highest BCUT2D eigenvalue weighted by molar-refractivity contribution is 5.92. The van der Waals surface area contributed by atoms with Gasteiger partial charge in [0.15, 0.2) is 0 Å². The van der Waals surface area contributed by atoms with E-state index in [-0.39, 0.29) is 6.03 Å². The lowest BCUT2D eigenvalue weighted by molar-refractivity contribution is 0.135.